The van der Waals surface area contributed by atoms with Gasteiger partial charge in [-0.15, -0.1) is 0 Å². The van der Waals surface area contributed by atoms with Gasteiger partial charge < -0.3 is 9.84 Å². The minimum absolute atomic E-state index is 0.381. The van der Waals surface area contributed by atoms with Crippen LogP contribution in [0.1, 0.15) is 31.4 Å². The largest absolute Gasteiger partial charge is 0.508 e. The van der Waals surface area contributed by atoms with Crippen LogP contribution in [0.5, 0.6) is 5.75 Å². The topological polar surface area (TPSA) is 32.7 Å². The van der Waals surface area contributed by atoms with Crippen LogP contribution in [-0.4, -0.2) is 36.3 Å². The molecule has 0 heterocycles. The highest BCUT2D eigenvalue weighted by atomic mass is 16.5. The number of aryl methyl sites for hydroxylation is 1. The zero-order chi connectivity index (χ0) is 13.5. The van der Waals surface area contributed by atoms with Crippen molar-refractivity contribution in [2.75, 3.05) is 20.3 Å². The summed E-state index contributed by atoms with van der Waals surface area (Å²) in [6, 6.07) is 6.24. The highest BCUT2D eigenvalue weighted by Crippen LogP contribution is 2.21. The Kier molecular flexibility index (Phi) is 6.16. The van der Waals surface area contributed by atoms with Crippen LogP contribution < -0.4 is 0 Å². The smallest absolute Gasteiger partial charge is 0.120 e. The summed E-state index contributed by atoms with van der Waals surface area (Å²) in [4.78, 5) is 2.35. The van der Waals surface area contributed by atoms with Gasteiger partial charge in [0, 0.05) is 31.8 Å². The second-order valence-corrected chi connectivity index (χ2v) is 4.85. The first kappa shape index (κ1) is 15.0. The van der Waals surface area contributed by atoms with Gasteiger partial charge in [-0.1, -0.05) is 24.6 Å². The maximum absolute atomic E-state index is 9.91. The third-order valence-corrected chi connectivity index (χ3v) is 3.41. The highest BCUT2D eigenvalue weighted by Gasteiger charge is 2.14. The molecular formula is C15H25NO2. The Labute approximate surface area is 110 Å². The van der Waals surface area contributed by atoms with Crippen LogP contribution in [0.2, 0.25) is 0 Å². The van der Waals surface area contributed by atoms with E-state index in [1.165, 1.54) is 5.56 Å². The first-order valence-electron chi connectivity index (χ1n) is 6.60. The molecule has 18 heavy (non-hydrogen) atoms. The minimum Gasteiger partial charge on any atom is -0.508 e. The van der Waals surface area contributed by atoms with Crippen molar-refractivity contribution < 1.29 is 9.84 Å². The lowest BCUT2D eigenvalue weighted by atomic mass is 10.1. The molecule has 1 N–H and O–H groups in total. The van der Waals surface area contributed by atoms with Gasteiger partial charge in [-0.2, -0.15) is 0 Å². The molecule has 3 nitrogen and oxygen atoms in total. The molecule has 0 aliphatic heterocycles. The number of nitrogens with zero attached hydrogens (tertiary/aromatic N) is 1. The number of rotatable bonds is 7. The van der Waals surface area contributed by atoms with E-state index in [9.17, 15) is 5.11 Å². The van der Waals surface area contributed by atoms with Crippen molar-refractivity contribution in [2.24, 2.45) is 0 Å². The van der Waals surface area contributed by atoms with E-state index in [-0.39, 0.29) is 0 Å². The molecule has 0 fully saturated rings. The predicted molar refractivity (Wildman–Crippen MR) is 74.9 cm³/mol. The van der Waals surface area contributed by atoms with Crippen LogP contribution in [0.3, 0.4) is 0 Å². The van der Waals surface area contributed by atoms with Crippen molar-refractivity contribution in [3.8, 4) is 5.75 Å². The van der Waals surface area contributed by atoms with Gasteiger partial charge in [0.25, 0.3) is 0 Å². The number of hydrogen-bond acceptors (Lipinski definition) is 3. The van der Waals surface area contributed by atoms with E-state index < -0.39 is 0 Å². The van der Waals surface area contributed by atoms with Gasteiger partial charge in [0.15, 0.2) is 0 Å². The zero-order valence-corrected chi connectivity index (χ0v) is 11.9. The number of phenols is 1. The Balaban J connectivity index is 2.77. The molecule has 1 atom stereocenters. The molecule has 0 radical (unpaired) electrons. The second kappa shape index (κ2) is 7.39. The Morgan fingerprint density at radius 1 is 1.39 bits per heavy atom. The molecule has 102 valence electrons. The Morgan fingerprint density at radius 3 is 2.72 bits per heavy atom. The lowest BCUT2D eigenvalue weighted by Crippen LogP contribution is -2.34. The molecule has 0 aliphatic rings. The first-order chi connectivity index (χ1) is 8.58. The molecule has 0 bridgehead atoms. The summed E-state index contributed by atoms with van der Waals surface area (Å²) < 4.78 is 5.15. The number of benzene rings is 1. The van der Waals surface area contributed by atoms with E-state index in [4.69, 9.17) is 4.74 Å². The summed E-state index contributed by atoms with van der Waals surface area (Å²) in [5.74, 6) is 0.381. The van der Waals surface area contributed by atoms with E-state index in [1.54, 1.807) is 13.2 Å². The van der Waals surface area contributed by atoms with E-state index in [0.29, 0.717) is 11.8 Å². The van der Waals surface area contributed by atoms with E-state index in [1.807, 2.05) is 13.0 Å². The summed E-state index contributed by atoms with van der Waals surface area (Å²) >= 11 is 0. The minimum atomic E-state index is 0.381. The molecule has 3 heteroatoms. The van der Waals surface area contributed by atoms with Crippen LogP contribution in [0.4, 0.5) is 0 Å². The standard InChI is InChI=1S/C15H25NO2/c1-5-13(3)16(8-9-18-4)11-14-10-12(2)6-7-15(14)17/h6-7,10,13,17H,5,8-9,11H2,1-4H3. The predicted octanol–water partition coefficient (Wildman–Crippen LogP) is 2.95. The molecule has 1 aromatic rings. The molecule has 0 saturated heterocycles. The summed E-state index contributed by atoms with van der Waals surface area (Å²) in [6.07, 6.45) is 1.09. The van der Waals surface area contributed by atoms with E-state index in [2.05, 4.69) is 24.8 Å². The summed E-state index contributed by atoms with van der Waals surface area (Å²) in [6.45, 7) is 8.82. The molecular weight excluding hydrogens is 226 g/mol. The van der Waals surface area contributed by atoms with Crippen molar-refractivity contribution in [1.82, 2.24) is 4.90 Å². The fourth-order valence-corrected chi connectivity index (χ4v) is 1.98. The number of ether oxygens (including phenoxy) is 1. The molecule has 0 aromatic heterocycles. The molecule has 0 saturated carbocycles. The van der Waals surface area contributed by atoms with Crippen LogP contribution in [-0.2, 0) is 11.3 Å². The maximum atomic E-state index is 9.91. The van der Waals surface area contributed by atoms with Crippen LogP contribution in [0, 0.1) is 6.92 Å². The molecule has 1 rings (SSSR count). The average molecular weight is 251 g/mol. The summed E-state index contributed by atoms with van der Waals surface area (Å²) in [7, 11) is 1.72. The summed E-state index contributed by atoms with van der Waals surface area (Å²) in [5.41, 5.74) is 2.17. The van der Waals surface area contributed by atoms with E-state index in [0.717, 1.165) is 31.7 Å². The molecule has 1 aromatic carbocycles. The third-order valence-electron chi connectivity index (χ3n) is 3.41. The van der Waals surface area contributed by atoms with Gasteiger partial charge in [0.1, 0.15) is 5.75 Å². The maximum Gasteiger partial charge on any atom is 0.120 e. The molecule has 0 aliphatic carbocycles. The zero-order valence-electron chi connectivity index (χ0n) is 11.9. The van der Waals surface area contributed by atoms with Crippen molar-refractivity contribution in [3.63, 3.8) is 0 Å². The number of aromatic hydroxyl groups is 1. The SMILES string of the molecule is CCC(C)N(CCOC)Cc1cc(C)ccc1O. The number of phenolic OH excluding ortho intramolecular Hbond substituents is 1. The summed E-state index contributed by atoms with van der Waals surface area (Å²) in [5, 5.41) is 9.91. The quantitative estimate of drug-likeness (QED) is 0.808. The Bertz CT molecular complexity index is 366. The van der Waals surface area contributed by atoms with Gasteiger partial charge in [-0.05, 0) is 26.3 Å². The molecule has 0 spiro atoms. The monoisotopic (exact) mass is 251 g/mol. The third kappa shape index (κ3) is 4.31. The Hall–Kier alpha value is -1.06. The Morgan fingerprint density at radius 2 is 2.11 bits per heavy atom. The van der Waals surface area contributed by atoms with Gasteiger partial charge >= 0.3 is 0 Å². The van der Waals surface area contributed by atoms with Gasteiger partial charge in [-0.25, -0.2) is 0 Å². The van der Waals surface area contributed by atoms with Crippen molar-refractivity contribution in [1.29, 1.82) is 0 Å². The second-order valence-electron chi connectivity index (χ2n) is 4.85. The molecule has 1 unspecified atom stereocenters. The number of hydrogen-bond donors (Lipinski definition) is 1. The number of methoxy groups -OCH3 is 1. The van der Waals surface area contributed by atoms with E-state index >= 15 is 0 Å². The first-order valence-corrected chi connectivity index (χ1v) is 6.60. The van der Waals surface area contributed by atoms with Crippen LogP contribution >= 0.6 is 0 Å². The highest BCUT2D eigenvalue weighted by molar-refractivity contribution is 5.35. The fraction of sp³-hybridized carbons (Fsp3) is 0.600. The van der Waals surface area contributed by atoms with Gasteiger partial charge in [-0.3, -0.25) is 4.90 Å². The normalized spacial score (nSPS) is 12.9. The van der Waals surface area contributed by atoms with Crippen LogP contribution in [0.25, 0.3) is 0 Å². The van der Waals surface area contributed by atoms with Crippen molar-refractivity contribution in [3.05, 3.63) is 29.3 Å². The van der Waals surface area contributed by atoms with Gasteiger partial charge in [0.05, 0.1) is 6.61 Å². The van der Waals surface area contributed by atoms with Crippen molar-refractivity contribution >= 4 is 0 Å². The van der Waals surface area contributed by atoms with Gasteiger partial charge in [0.2, 0.25) is 0 Å². The molecule has 0 amide bonds. The lowest BCUT2D eigenvalue weighted by molar-refractivity contribution is 0.117. The van der Waals surface area contributed by atoms with Crippen LogP contribution in [0.15, 0.2) is 18.2 Å². The fourth-order valence-electron chi connectivity index (χ4n) is 1.98. The van der Waals surface area contributed by atoms with Crippen molar-refractivity contribution in [2.45, 2.75) is 39.8 Å². The average Bonchev–Trinajstić information content (AvgIpc) is 2.37. The lowest BCUT2D eigenvalue weighted by Gasteiger charge is -2.28.